The molecule has 0 radical (unpaired) electrons. The van der Waals surface area contributed by atoms with Crippen molar-refractivity contribution >= 4 is 15.8 Å². The Labute approximate surface area is 146 Å². The number of anilines is 1. The topological polar surface area (TPSA) is 88.9 Å². The van der Waals surface area contributed by atoms with Gasteiger partial charge in [0.05, 0.1) is 5.69 Å². The molecule has 0 bridgehead atoms. The van der Waals surface area contributed by atoms with E-state index >= 15 is 0 Å². The largest absolute Gasteiger partial charge is 0.364 e. The monoisotopic (exact) mass is 357 g/mol. The second-order valence-corrected chi connectivity index (χ2v) is 7.38. The fraction of sp³-hybridized carbons (Fsp3) is 0.176. The van der Waals surface area contributed by atoms with E-state index in [1.54, 1.807) is 16.9 Å². The van der Waals surface area contributed by atoms with Gasteiger partial charge in [-0.2, -0.15) is 5.10 Å². The summed E-state index contributed by atoms with van der Waals surface area (Å²) in [5, 5.41) is 7.46. The quantitative estimate of drug-likeness (QED) is 0.707. The normalized spacial score (nSPS) is 12.7. The Kier molecular flexibility index (Phi) is 4.82. The molecule has 1 aromatic carbocycles. The van der Waals surface area contributed by atoms with Gasteiger partial charge in [-0.3, -0.25) is 0 Å². The van der Waals surface area contributed by atoms with E-state index in [2.05, 4.69) is 20.1 Å². The van der Waals surface area contributed by atoms with Gasteiger partial charge >= 0.3 is 0 Å². The van der Waals surface area contributed by atoms with Crippen LogP contribution in [0.15, 0.2) is 66.0 Å². The average Bonchev–Trinajstić information content (AvgIpc) is 3.17. The number of benzene rings is 1. The zero-order chi connectivity index (χ0) is 17.9. The molecule has 2 N–H and O–H groups in total. The average molecular weight is 357 g/mol. The number of pyridine rings is 1. The first-order valence-electron chi connectivity index (χ1n) is 7.76. The van der Waals surface area contributed by atoms with E-state index in [-0.39, 0.29) is 10.9 Å². The minimum absolute atomic E-state index is 0.0194. The van der Waals surface area contributed by atoms with Crippen LogP contribution < -0.4 is 10.0 Å². The van der Waals surface area contributed by atoms with E-state index in [9.17, 15) is 8.42 Å². The Morgan fingerprint density at radius 1 is 1.12 bits per heavy atom. The molecule has 2 aromatic heterocycles. The van der Waals surface area contributed by atoms with Crippen LogP contribution in [-0.4, -0.2) is 30.2 Å². The molecule has 3 aromatic rings. The molecule has 0 fully saturated rings. The summed E-state index contributed by atoms with van der Waals surface area (Å²) >= 11 is 0. The maximum absolute atomic E-state index is 11.7. The molecule has 25 heavy (non-hydrogen) atoms. The number of hydrogen-bond acceptors (Lipinski definition) is 5. The summed E-state index contributed by atoms with van der Waals surface area (Å²) in [6.07, 6.45) is 4.96. The van der Waals surface area contributed by atoms with Gasteiger partial charge < -0.3 is 5.32 Å². The number of hydrogen-bond donors (Lipinski definition) is 2. The molecule has 1 unspecified atom stereocenters. The Balaban J connectivity index is 1.70. The summed E-state index contributed by atoms with van der Waals surface area (Å²) in [4.78, 5) is 4.31. The molecular formula is C17H19N5O2S. The smallest absolute Gasteiger partial charge is 0.241 e. The first kappa shape index (κ1) is 17.1. The van der Waals surface area contributed by atoms with E-state index in [1.165, 1.54) is 19.3 Å². The molecule has 2 heterocycles. The highest BCUT2D eigenvalue weighted by Gasteiger charge is 2.12. The Bertz CT molecular complexity index is 920. The summed E-state index contributed by atoms with van der Waals surface area (Å²) in [6.45, 7) is 2.02. The lowest BCUT2D eigenvalue weighted by Gasteiger charge is -2.15. The summed E-state index contributed by atoms with van der Waals surface area (Å²) in [6, 6.07) is 13.1. The first-order valence-corrected chi connectivity index (χ1v) is 9.24. The third kappa shape index (κ3) is 3.86. The second kappa shape index (κ2) is 7.04. The highest BCUT2D eigenvalue weighted by atomic mass is 32.2. The molecule has 1 atom stereocenters. The van der Waals surface area contributed by atoms with Crippen LogP contribution in [0.1, 0.15) is 18.5 Å². The van der Waals surface area contributed by atoms with E-state index < -0.39 is 10.0 Å². The van der Waals surface area contributed by atoms with Crippen LogP contribution in [-0.2, 0) is 10.0 Å². The third-order valence-electron chi connectivity index (χ3n) is 3.84. The van der Waals surface area contributed by atoms with E-state index in [1.807, 2.05) is 43.5 Å². The van der Waals surface area contributed by atoms with Crippen LogP contribution >= 0.6 is 0 Å². The fourth-order valence-electron chi connectivity index (χ4n) is 2.38. The predicted molar refractivity (Wildman–Crippen MR) is 96.1 cm³/mol. The second-order valence-electron chi connectivity index (χ2n) is 5.49. The van der Waals surface area contributed by atoms with Gasteiger partial charge in [-0.25, -0.2) is 22.8 Å². The highest BCUT2D eigenvalue weighted by molar-refractivity contribution is 7.89. The zero-order valence-corrected chi connectivity index (χ0v) is 14.7. The summed E-state index contributed by atoms with van der Waals surface area (Å²) in [5.41, 5.74) is 2.07. The number of nitrogens with one attached hydrogen (secondary N) is 2. The van der Waals surface area contributed by atoms with Crippen molar-refractivity contribution in [3.8, 4) is 5.69 Å². The van der Waals surface area contributed by atoms with Crippen LogP contribution in [0.2, 0.25) is 0 Å². The number of nitrogens with zero attached hydrogens (tertiary/aromatic N) is 3. The zero-order valence-electron chi connectivity index (χ0n) is 13.9. The van der Waals surface area contributed by atoms with Gasteiger partial charge in [-0.05, 0) is 49.9 Å². The molecular weight excluding hydrogens is 338 g/mol. The summed E-state index contributed by atoms with van der Waals surface area (Å²) in [7, 11) is -2.10. The van der Waals surface area contributed by atoms with Crippen LogP contribution in [0.3, 0.4) is 0 Å². The van der Waals surface area contributed by atoms with Crippen molar-refractivity contribution in [3.63, 3.8) is 0 Å². The predicted octanol–water partition coefficient (Wildman–Crippen LogP) is 2.35. The standard InChI is InChI=1S/C17H19N5O2S/c1-13(14-4-6-15(7-5-14)22-11-3-10-20-22)21-17-9-8-16(12-19-17)25(23,24)18-2/h3-13,18H,1-2H3,(H,19,21). The Morgan fingerprint density at radius 3 is 2.44 bits per heavy atom. The molecule has 0 spiro atoms. The first-order chi connectivity index (χ1) is 12.0. The lowest BCUT2D eigenvalue weighted by atomic mass is 10.1. The van der Waals surface area contributed by atoms with E-state index in [4.69, 9.17) is 0 Å². The third-order valence-corrected chi connectivity index (χ3v) is 5.24. The summed E-state index contributed by atoms with van der Waals surface area (Å²) in [5.74, 6) is 0.610. The van der Waals surface area contributed by atoms with Crippen LogP contribution in [0.25, 0.3) is 5.69 Å². The van der Waals surface area contributed by atoms with Crippen molar-refractivity contribution in [3.05, 3.63) is 66.6 Å². The molecule has 0 amide bonds. The molecule has 0 aliphatic carbocycles. The SMILES string of the molecule is CNS(=O)(=O)c1ccc(NC(C)c2ccc(-n3cccn3)cc2)nc1. The molecule has 7 nitrogen and oxygen atoms in total. The lowest BCUT2D eigenvalue weighted by Crippen LogP contribution is -2.18. The Hall–Kier alpha value is -2.71. The fourth-order valence-corrected chi connectivity index (χ4v) is 3.06. The van der Waals surface area contributed by atoms with Gasteiger partial charge in [0.15, 0.2) is 0 Å². The lowest BCUT2D eigenvalue weighted by molar-refractivity contribution is 0.588. The van der Waals surface area contributed by atoms with Crippen molar-refractivity contribution in [2.45, 2.75) is 17.9 Å². The van der Waals surface area contributed by atoms with E-state index in [0.29, 0.717) is 5.82 Å². The number of sulfonamides is 1. The molecule has 0 saturated carbocycles. The van der Waals surface area contributed by atoms with Gasteiger partial charge in [-0.1, -0.05) is 12.1 Å². The van der Waals surface area contributed by atoms with Crippen molar-refractivity contribution in [1.82, 2.24) is 19.5 Å². The maximum atomic E-state index is 11.7. The molecule has 0 saturated heterocycles. The maximum Gasteiger partial charge on any atom is 0.241 e. The van der Waals surface area contributed by atoms with Crippen LogP contribution in [0.5, 0.6) is 0 Å². The molecule has 0 aliphatic heterocycles. The molecule has 8 heteroatoms. The van der Waals surface area contributed by atoms with Gasteiger partial charge in [0.1, 0.15) is 10.7 Å². The van der Waals surface area contributed by atoms with Crippen molar-refractivity contribution in [2.75, 3.05) is 12.4 Å². The van der Waals surface area contributed by atoms with Gasteiger partial charge in [0.2, 0.25) is 10.0 Å². The van der Waals surface area contributed by atoms with Gasteiger partial charge in [0, 0.05) is 24.6 Å². The minimum atomic E-state index is -3.47. The summed E-state index contributed by atoms with van der Waals surface area (Å²) < 4.78 is 27.5. The van der Waals surface area contributed by atoms with Gasteiger partial charge in [0.25, 0.3) is 0 Å². The number of rotatable bonds is 6. The highest BCUT2D eigenvalue weighted by Crippen LogP contribution is 2.20. The van der Waals surface area contributed by atoms with E-state index in [0.717, 1.165) is 11.3 Å². The van der Waals surface area contributed by atoms with Crippen LogP contribution in [0, 0.1) is 0 Å². The molecule has 3 rings (SSSR count). The van der Waals surface area contributed by atoms with Crippen molar-refractivity contribution in [1.29, 1.82) is 0 Å². The van der Waals surface area contributed by atoms with Gasteiger partial charge in [-0.15, -0.1) is 0 Å². The molecule has 130 valence electrons. The Morgan fingerprint density at radius 2 is 1.88 bits per heavy atom. The van der Waals surface area contributed by atoms with Crippen molar-refractivity contribution < 1.29 is 8.42 Å². The number of aromatic nitrogens is 3. The van der Waals surface area contributed by atoms with Crippen LogP contribution in [0.4, 0.5) is 5.82 Å². The minimum Gasteiger partial charge on any atom is -0.364 e. The molecule has 0 aliphatic rings. The van der Waals surface area contributed by atoms with Crippen molar-refractivity contribution in [2.24, 2.45) is 0 Å².